The van der Waals surface area contributed by atoms with Crippen LogP contribution >= 0.6 is 47.8 Å². The van der Waals surface area contributed by atoms with Crippen LogP contribution in [-0.4, -0.2) is 14.1 Å². The van der Waals surface area contributed by atoms with Crippen molar-refractivity contribution in [2.45, 2.75) is 19.3 Å². The SMILES string of the molecule is Brc1ccc(-c2cccc(-c3ccc4c(c3)c3ccccc3n4-c3cccc4ccccc34)c2)cc1.Brc1ccc(-c2cccc(-c3ccc4c(c3)c3ccccc3n4-c3cccnc3)c2)cc1.CCC1c2ccccc2-c2cc(-c3cccc(-c4ccc(Br)cc4)c3)ccc21. The Morgan fingerprint density at radius 3 is 1.22 bits per heavy atom. The maximum atomic E-state index is 4.34. The highest BCUT2D eigenvalue weighted by Gasteiger charge is 2.27. The van der Waals surface area contributed by atoms with Gasteiger partial charge in [-0.25, -0.2) is 0 Å². The van der Waals surface area contributed by atoms with Crippen molar-refractivity contribution in [1.82, 2.24) is 14.1 Å². The van der Waals surface area contributed by atoms with E-state index >= 15 is 0 Å². The molecule has 0 N–H and O–H groups in total. The summed E-state index contributed by atoms with van der Waals surface area (Å²) in [5, 5.41) is 7.54. The third-order valence-corrected chi connectivity index (χ3v) is 20.4. The number of rotatable bonds is 9. The first-order valence-corrected chi connectivity index (χ1v) is 34.9. The summed E-state index contributed by atoms with van der Waals surface area (Å²) in [7, 11) is 0. The number of benzene rings is 14. The van der Waals surface area contributed by atoms with Gasteiger partial charge in [0, 0.05) is 52.5 Å². The Bertz CT molecular complexity index is 5720. The number of hydrogen-bond donors (Lipinski definition) is 0. The molecule has 3 heterocycles. The maximum absolute atomic E-state index is 4.34. The van der Waals surface area contributed by atoms with Crippen molar-refractivity contribution in [3.05, 3.63) is 365 Å². The van der Waals surface area contributed by atoms with Crippen molar-refractivity contribution in [2.75, 3.05) is 0 Å². The minimum Gasteiger partial charge on any atom is -0.309 e. The second-order valence-corrected chi connectivity index (χ2v) is 27.2. The Morgan fingerprint density at radius 1 is 0.292 bits per heavy atom. The van der Waals surface area contributed by atoms with Crippen LogP contribution < -0.4 is 0 Å². The number of hydrogen-bond acceptors (Lipinski definition) is 1. The van der Waals surface area contributed by atoms with Crippen LogP contribution in [0, 0.1) is 0 Å². The second-order valence-electron chi connectivity index (χ2n) is 24.5. The fourth-order valence-electron chi connectivity index (χ4n) is 14.2. The summed E-state index contributed by atoms with van der Waals surface area (Å²) >= 11 is 10.6. The highest BCUT2D eigenvalue weighted by atomic mass is 79.9. The quantitative estimate of drug-likeness (QED) is 0.141. The van der Waals surface area contributed by atoms with Crippen molar-refractivity contribution in [3.8, 4) is 89.3 Å². The van der Waals surface area contributed by atoms with Crippen molar-refractivity contribution >= 4 is 102 Å². The molecule has 0 spiro atoms. The minimum atomic E-state index is 0.523. The van der Waals surface area contributed by atoms with E-state index in [9.17, 15) is 0 Å². The lowest BCUT2D eigenvalue weighted by Crippen LogP contribution is -1.95. The first kappa shape index (κ1) is 60.5. The summed E-state index contributed by atoms with van der Waals surface area (Å²) in [4.78, 5) is 4.34. The van der Waals surface area contributed by atoms with Gasteiger partial charge in [-0.3, -0.25) is 4.98 Å². The minimum absolute atomic E-state index is 0.523. The molecule has 6 heteroatoms. The molecule has 1 unspecified atom stereocenters. The van der Waals surface area contributed by atoms with Crippen molar-refractivity contribution < 1.29 is 0 Å². The van der Waals surface area contributed by atoms with Gasteiger partial charge in [-0.05, 0) is 216 Å². The van der Waals surface area contributed by atoms with Gasteiger partial charge in [0.05, 0.1) is 39.6 Å². The lowest BCUT2D eigenvalue weighted by molar-refractivity contribution is 0.797. The van der Waals surface area contributed by atoms with Crippen LogP contribution in [0.4, 0.5) is 0 Å². The summed E-state index contributed by atoms with van der Waals surface area (Å²) in [6.45, 7) is 2.28. The molecule has 96 heavy (non-hydrogen) atoms. The normalized spacial score (nSPS) is 12.3. The molecule has 3 nitrogen and oxygen atoms in total. The number of halogens is 3. The molecule has 1 aliphatic carbocycles. The monoisotopic (exact) mass is 1420 g/mol. The molecule has 0 saturated carbocycles. The zero-order valence-electron chi connectivity index (χ0n) is 52.6. The van der Waals surface area contributed by atoms with E-state index in [2.05, 4.69) is 390 Å². The molecule has 1 aliphatic rings. The molecule has 14 aromatic carbocycles. The van der Waals surface area contributed by atoms with E-state index in [1.165, 1.54) is 149 Å². The Balaban J connectivity index is 0.000000114. The van der Waals surface area contributed by atoms with Gasteiger partial charge in [-0.2, -0.15) is 0 Å². The summed E-state index contributed by atoms with van der Waals surface area (Å²) in [5.41, 5.74) is 27.6. The molecule has 1 atom stereocenters. The number of para-hydroxylation sites is 2. The molecule has 0 saturated heterocycles. The highest BCUT2D eigenvalue weighted by Crippen LogP contribution is 2.48. The number of aromatic nitrogens is 3. The summed E-state index contributed by atoms with van der Waals surface area (Å²) in [6.07, 6.45) is 4.87. The van der Waals surface area contributed by atoms with Crippen LogP contribution in [-0.2, 0) is 0 Å². The van der Waals surface area contributed by atoms with Crippen molar-refractivity contribution in [2.24, 2.45) is 0 Å². The molecule has 18 rings (SSSR count). The molecule has 0 bridgehead atoms. The van der Waals surface area contributed by atoms with E-state index in [0.29, 0.717) is 5.92 Å². The van der Waals surface area contributed by atoms with E-state index in [1.54, 1.807) is 0 Å². The number of nitrogens with zero attached hydrogens (tertiary/aromatic N) is 3. The van der Waals surface area contributed by atoms with Gasteiger partial charge >= 0.3 is 0 Å². The zero-order chi connectivity index (χ0) is 64.6. The summed E-state index contributed by atoms with van der Waals surface area (Å²) in [5.74, 6) is 0.523. The van der Waals surface area contributed by atoms with Gasteiger partial charge < -0.3 is 9.13 Å². The van der Waals surface area contributed by atoms with Gasteiger partial charge in [0.1, 0.15) is 0 Å². The van der Waals surface area contributed by atoms with E-state index < -0.39 is 0 Å². The van der Waals surface area contributed by atoms with E-state index in [0.717, 1.165) is 25.5 Å². The highest BCUT2D eigenvalue weighted by molar-refractivity contribution is 9.11. The standard InChI is InChI=1S/C34H22BrN.C29H19BrN2.C27H21Br/c35-28-18-15-23(16-19-28)25-9-5-10-26(21-25)27-17-20-34-31(22-27)30-12-3-4-13-33(30)36(34)32-14-6-8-24-7-1-2-11-29(24)32;30-24-13-10-20(11-14-24)21-5-3-6-22(17-21)23-12-15-29-27(18-23)26-8-1-2-9-28(26)32(29)25-7-4-16-31-19-25;1-2-23-24-8-3-4-9-25(24)27-17-21(12-15-26(23)27)20-7-5-6-19(16-20)18-10-13-22(28)14-11-18/h1-22H;1-19H;3-17,23H,2H2,1H3. The zero-order valence-corrected chi connectivity index (χ0v) is 57.3. The molecule has 0 radical (unpaired) electrons. The molecular weight excluding hydrogens is 1360 g/mol. The Hall–Kier alpha value is -10.5. The van der Waals surface area contributed by atoms with Gasteiger partial charge in [0.15, 0.2) is 0 Å². The molecular formula is C90H62Br3N3. The smallest absolute Gasteiger partial charge is 0.0645 e. The average molecular weight is 1430 g/mol. The number of pyridine rings is 1. The predicted molar refractivity (Wildman–Crippen MR) is 417 cm³/mol. The van der Waals surface area contributed by atoms with Crippen LogP contribution in [0.2, 0.25) is 0 Å². The van der Waals surface area contributed by atoms with Crippen LogP contribution in [0.3, 0.4) is 0 Å². The van der Waals surface area contributed by atoms with E-state index in [1.807, 2.05) is 18.5 Å². The van der Waals surface area contributed by atoms with Crippen molar-refractivity contribution in [3.63, 3.8) is 0 Å². The second kappa shape index (κ2) is 26.4. The Kier molecular flexibility index (Phi) is 16.6. The molecule has 3 aromatic heterocycles. The fourth-order valence-corrected chi connectivity index (χ4v) is 15.0. The van der Waals surface area contributed by atoms with E-state index in [4.69, 9.17) is 0 Å². The Labute approximate surface area is 584 Å². The topological polar surface area (TPSA) is 22.8 Å². The van der Waals surface area contributed by atoms with Gasteiger partial charge in [-0.1, -0.05) is 267 Å². The average Bonchev–Trinajstić information content (AvgIpc) is 1.60. The van der Waals surface area contributed by atoms with Crippen molar-refractivity contribution in [1.29, 1.82) is 0 Å². The lowest BCUT2D eigenvalue weighted by atomic mass is 9.92. The van der Waals surface area contributed by atoms with Gasteiger partial charge in [-0.15, -0.1) is 0 Å². The maximum Gasteiger partial charge on any atom is 0.0645 e. The summed E-state index contributed by atoms with van der Waals surface area (Å²) < 4.78 is 7.99. The molecule has 0 aliphatic heterocycles. The first-order chi connectivity index (χ1) is 47.3. The van der Waals surface area contributed by atoms with Gasteiger partial charge in [0.2, 0.25) is 0 Å². The van der Waals surface area contributed by atoms with Crippen LogP contribution in [0.5, 0.6) is 0 Å². The third-order valence-electron chi connectivity index (χ3n) is 18.8. The summed E-state index contributed by atoms with van der Waals surface area (Å²) in [6, 6.07) is 118. The van der Waals surface area contributed by atoms with Crippen LogP contribution in [0.15, 0.2) is 353 Å². The lowest BCUT2D eigenvalue weighted by Gasteiger charge is -2.12. The number of fused-ring (bicyclic) bond motifs is 10. The predicted octanol–water partition coefficient (Wildman–Crippen LogP) is 26.6. The molecule has 0 amide bonds. The molecule has 17 aromatic rings. The Morgan fingerprint density at radius 2 is 0.688 bits per heavy atom. The largest absolute Gasteiger partial charge is 0.309 e. The fraction of sp³-hybridized carbons (Fsp3) is 0.0333. The van der Waals surface area contributed by atoms with E-state index in [-0.39, 0.29) is 0 Å². The van der Waals surface area contributed by atoms with Crippen LogP contribution in [0.1, 0.15) is 30.4 Å². The molecule has 0 fully saturated rings. The van der Waals surface area contributed by atoms with Crippen LogP contribution in [0.25, 0.3) is 144 Å². The molecule has 458 valence electrons. The van der Waals surface area contributed by atoms with Gasteiger partial charge in [0.25, 0.3) is 0 Å². The first-order valence-electron chi connectivity index (χ1n) is 32.6. The third kappa shape index (κ3) is 11.7.